The maximum Gasteiger partial charge on any atom is 0.238 e. The number of carbonyl (C=O) groups is 1. The number of rotatable bonds is 5. The Bertz CT molecular complexity index is 540. The molecule has 7 heteroatoms. The number of benzene rings is 1. The van der Waals surface area contributed by atoms with E-state index in [4.69, 9.17) is 9.88 Å². The number of amides is 1. The number of sulfonamides is 1. The molecule has 0 heterocycles. The van der Waals surface area contributed by atoms with E-state index < -0.39 is 10.0 Å². The van der Waals surface area contributed by atoms with E-state index in [0.29, 0.717) is 24.3 Å². The minimum atomic E-state index is -3.81. The zero-order valence-electron chi connectivity index (χ0n) is 10.3. The van der Waals surface area contributed by atoms with Crippen LogP contribution in [0.15, 0.2) is 23.1 Å². The van der Waals surface area contributed by atoms with Crippen LogP contribution >= 0.6 is 0 Å². The van der Waals surface area contributed by atoms with E-state index in [1.165, 1.54) is 25.3 Å². The first-order valence-corrected chi connectivity index (χ1v) is 6.93. The fourth-order valence-corrected chi connectivity index (χ4v) is 1.94. The summed E-state index contributed by atoms with van der Waals surface area (Å²) in [5.41, 5.74) is 0.294. The average Bonchev–Trinajstić information content (AvgIpc) is 2.28. The minimum absolute atomic E-state index is 0.0740. The zero-order chi connectivity index (χ0) is 13.8. The van der Waals surface area contributed by atoms with Crippen LogP contribution in [0.1, 0.15) is 19.8 Å². The predicted octanol–water partition coefficient (Wildman–Crippen LogP) is 1.08. The molecular weight excluding hydrogens is 256 g/mol. The van der Waals surface area contributed by atoms with Gasteiger partial charge in [0.15, 0.2) is 0 Å². The summed E-state index contributed by atoms with van der Waals surface area (Å²) in [5, 5.41) is 7.62. The first-order valence-electron chi connectivity index (χ1n) is 5.39. The van der Waals surface area contributed by atoms with Gasteiger partial charge in [-0.1, -0.05) is 6.92 Å². The van der Waals surface area contributed by atoms with Gasteiger partial charge < -0.3 is 10.1 Å². The number of ether oxygens (including phenoxy) is 1. The van der Waals surface area contributed by atoms with Gasteiger partial charge >= 0.3 is 0 Å². The summed E-state index contributed by atoms with van der Waals surface area (Å²) < 4.78 is 27.5. The molecule has 0 fully saturated rings. The molecule has 0 atom stereocenters. The van der Waals surface area contributed by atoms with Crippen molar-refractivity contribution >= 4 is 21.6 Å². The third-order valence-corrected chi connectivity index (χ3v) is 3.16. The van der Waals surface area contributed by atoms with Crippen molar-refractivity contribution in [1.29, 1.82) is 0 Å². The van der Waals surface area contributed by atoms with Crippen LogP contribution in [0.5, 0.6) is 5.75 Å². The van der Waals surface area contributed by atoms with Gasteiger partial charge in [-0.25, -0.2) is 13.6 Å². The topological polar surface area (TPSA) is 98.5 Å². The van der Waals surface area contributed by atoms with Crippen molar-refractivity contribution in [2.75, 3.05) is 12.4 Å². The fourth-order valence-electron chi connectivity index (χ4n) is 1.40. The predicted molar refractivity (Wildman–Crippen MR) is 67.9 cm³/mol. The number of carbonyl (C=O) groups excluding carboxylic acids is 1. The molecule has 0 aliphatic carbocycles. The van der Waals surface area contributed by atoms with Gasteiger partial charge in [0.25, 0.3) is 0 Å². The Morgan fingerprint density at radius 2 is 2.11 bits per heavy atom. The molecular formula is C11H16N2O4S. The number of anilines is 1. The van der Waals surface area contributed by atoms with E-state index in [1.54, 1.807) is 0 Å². The van der Waals surface area contributed by atoms with Gasteiger partial charge in [-0.3, -0.25) is 4.79 Å². The summed E-state index contributed by atoms with van der Waals surface area (Å²) in [6, 6.07) is 4.05. The van der Waals surface area contributed by atoms with Crippen LogP contribution in [0.4, 0.5) is 5.69 Å². The Hall–Kier alpha value is -1.60. The van der Waals surface area contributed by atoms with Gasteiger partial charge in [0.1, 0.15) is 5.75 Å². The monoisotopic (exact) mass is 272 g/mol. The Morgan fingerprint density at radius 1 is 1.44 bits per heavy atom. The number of primary sulfonamides is 1. The first kappa shape index (κ1) is 14.5. The van der Waals surface area contributed by atoms with Gasteiger partial charge in [-0.2, -0.15) is 0 Å². The molecule has 1 rings (SSSR count). The van der Waals surface area contributed by atoms with Crippen molar-refractivity contribution < 1.29 is 17.9 Å². The van der Waals surface area contributed by atoms with Gasteiger partial charge in [0, 0.05) is 6.42 Å². The second-order valence-corrected chi connectivity index (χ2v) is 5.27. The lowest BCUT2D eigenvalue weighted by Gasteiger charge is -2.11. The molecule has 18 heavy (non-hydrogen) atoms. The summed E-state index contributed by atoms with van der Waals surface area (Å²) in [5.74, 6) is 0.175. The standard InChI is InChI=1S/C11H16N2O4S/c1-3-4-11(14)13-9-7-8(18(12,15)16)5-6-10(9)17-2/h5-7H,3-4H2,1-2H3,(H,13,14)(H2,12,15,16). The van der Waals surface area contributed by atoms with Gasteiger partial charge in [0.05, 0.1) is 17.7 Å². The molecule has 0 spiro atoms. The normalized spacial score (nSPS) is 11.1. The Balaban J connectivity index is 3.11. The van der Waals surface area contributed by atoms with Gasteiger partial charge in [0.2, 0.25) is 15.9 Å². The smallest absolute Gasteiger partial charge is 0.238 e. The zero-order valence-corrected chi connectivity index (χ0v) is 11.1. The molecule has 0 saturated carbocycles. The van der Waals surface area contributed by atoms with Crippen molar-refractivity contribution in [3.63, 3.8) is 0 Å². The summed E-state index contributed by atoms with van der Waals surface area (Å²) in [7, 11) is -2.37. The lowest BCUT2D eigenvalue weighted by molar-refractivity contribution is -0.116. The molecule has 0 unspecified atom stereocenters. The van der Waals surface area contributed by atoms with Crippen LogP contribution in [-0.4, -0.2) is 21.4 Å². The van der Waals surface area contributed by atoms with E-state index in [1.807, 2.05) is 6.92 Å². The van der Waals surface area contributed by atoms with E-state index in [2.05, 4.69) is 5.32 Å². The van der Waals surface area contributed by atoms with Crippen LogP contribution in [0.25, 0.3) is 0 Å². The summed E-state index contributed by atoms with van der Waals surface area (Å²) in [6.07, 6.45) is 1.05. The van der Waals surface area contributed by atoms with Gasteiger partial charge in [-0.05, 0) is 24.6 Å². The molecule has 1 aromatic carbocycles. The SMILES string of the molecule is CCCC(=O)Nc1cc(S(N)(=O)=O)ccc1OC. The second kappa shape index (κ2) is 5.83. The lowest BCUT2D eigenvalue weighted by Crippen LogP contribution is -2.15. The number of hydrogen-bond donors (Lipinski definition) is 2. The summed E-state index contributed by atoms with van der Waals surface area (Å²) in [6.45, 7) is 1.87. The molecule has 3 N–H and O–H groups in total. The molecule has 1 amide bonds. The first-order chi connectivity index (χ1) is 8.38. The molecule has 0 aliphatic rings. The minimum Gasteiger partial charge on any atom is -0.495 e. The van der Waals surface area contributed by atoms with E-state index in [0.717, 1.165) is 0 Å². The molecule has 100 valence electrons. The lowest BCUT2D eigenvalue weighted by atomic mass is 10.2. The molecule has 0 radical (unpaired) electrons. The second-order valence-electron chi connectivity index (χ2n) is 3.71. The number of nitrogens with one attached hydrogen (secondary N) is 1. The number of methoxy groups -OCH3 is 1. The molecule has 0 bridgehead atoms. The molecule has 0 aliphatic heterocycles. The Labute approximate surface area is 106 Å². The fraction of sp³-hybridized carbons (Fsp3) is 0.364. The summed E-state index contributed by atoms with van der Waals surface area (Å²) >= 11 is 0. The largest absolute Gasteiger partial charge is 0.495 e. The van der Waals surface area contributed by atoms with Crippen molar-refractivity contribution in [3.05, 3.63) is 18.2 Å². The van der Waals surface area contributed by atoms with Crippen LogP contribution in [-0.2, 0) is 14.8 Å². The van der Waals surface area contributed by atoms with Crippen molar-refractivity contribution in [1.82, 2.24) is 0 Å². The quantitative estimate of drug-likeness (QED) is 0.837. The molecule has 6 nitrogen and oxygen atoms in total. The highest BCUT2D eigenvalue weighted by Crippen LogP contribution is 2.27. The maximum atomic E-state index is 11.5. The molecule has 0 saturated heterocycles. The summed E-state index contributed by atoms with van der Waals surface area (Å²) in [4.78, 5) is 11.4. The van der Waals surface area contributed by atoms with Crippen LogP contribution in [0.3, 0.4) is 0 Å². The Kier molecular flexibility index (Phi) is 4.69. The van der Waals surface area contributed by atoms with Gasteiger partial charge in [-0.15, -0.1) is 0 Å². The van der Waals surface area contributed by atoms with E-state index in [9.17, 15) is 13.2 Å². The van der Waals surface area contributed by atoms with Crippen molar-refractivity contribution in [3.8, 4) is 5.75 Å². The molecule has 0 aromatic heterocycles. The van der Waals surface area contributed by atoms with Crippen molar-refractivity contribution in [2.24, 2.45) is 5.14 Å². The average molecular weight is 272 g/mol. The highest BCUT2D eigenvalue weighted by atomic mass is 32.2. The highest BCUT2D eigenvalue weighted by Gasteiger charge is 2.13. The third kappa shape index (κ3) is 3.71. The van der Waals surface area contributed by atoms with E-state index in [-0.39, 0.29) is 10.8 Å². The van der Waals surface area contributed by atoms with Crippen LogP contribution in [0.2, 0.25) is 0 Å². The highest BCUT2D eigenvalue weighted by molar-refractivity contribution is 7.89. The third-order valence-electron chi connectivity index (χ3n) is 2.25. The van der Waals surface area contributed by atoms with Crippen molar-refractivity contribution in [2.45, 2.75) is 24.7 Å². The van der Waals surface area contributed by atoms with E-state index >= 15 is 0 Å². The number of nitrogens with two attached hydrogens (primary N) is 1. The van der Waals surface area contributed by atoms with Crippen LogP contribution < -0.4 is 15.2 Å². The Morgan fingerprint density at radius 3 is 2.61 bits per heavy atom. The number of hydrogen-bond acceptors (Lipinski definition) is 4. The maximum absolute atomic E-state index is 11.5. The molecule has 1 aromatic rings. The van der Waals surface area contributed by atoms with Crippen LogP contribution in [0, 0.1) is 0 Å².